The van der Waals surface area contributed by atoms with Crippen LogP contribution < -0.4 is 15.4 Å². The Hall–Kier alpha value is -3.08. The van der Waals surface area contributed by atoms with Gasteiger partial charge in [0.25, 0.3) is 0 Å². The fraction of sp³-hybridized carbons (Fsp3) is 0.304. The molecule has 0 radical (unpaired) electrons. The molecule has 0 atom stereocenters. The molecule has 0 saturated carbocycles. The summed E-state index contributed by atoms with van der Waals surface area (Å²) in [7, 11) is 1.61. The quantitative estimate of drug-likeness (QED) is 0.709. The van der Waals surface area contributed by atoms with Crippen molar-refractivity contribution >= 4 is 23.6 Å². The monoisotopic (exact) mass is 380 g/mol. The van der Waals surface area contributed by atoms with Crippen molar-refractivity contribution < 1.29 is 14.3 Å². The van der Waals surface area contributed by atoms with Gasteiger partial charge in [0, 0.05) is 24.7 Å². The van der Waals surface area contributed by atoms with Crippen molar-refractivity contribution in [1.29, 1.82) is 0 Å². The van der Waals surface area contributed by atoms with Gasteiger partial charge in [-0.25, -0.2) is 0 Å². The molecule has 0 aromatic heterocycles. The van der Waals surface area contributed by atoms with Crippen LogP contribution in [0, 0.1) is 0 Å². The molecule has 0 heterocycles. The van der Waals surface area contributed by atoms with E-state index in [4.69, 9.17) is 4.74 Å². The van der Waals surface area contributed by atoms with Crippen LogP contribution in [-0.2, 0) is 15.0 Å². The SMILES string of the molecule is COc1ccc(/C=C/C(=O)NCCC(=O)Nc2ccc(C(C)(C)C)cc2)cc1. The molecule has 2 rings (SSSR count). The fourth-order valence-corrected chi connectivity index (χ4v) is 2.52. The molecule has 0 aliphatic rings. The number of ether oxygens (including phenoxy) is 1. The van der Waals surface area contributed by atoms with Gasteiger partial charge in [-0.3, -0.25) is 9.59 Å². The standard InChI is InChI=1S/C23H28N2O3/c1-23(2,3)18-8-10-19(11-9-18)25-22(27)15-16-24-21(26)14-7-17-5-12-20(28-4)13-6-17/h5-14H,15-16H2,1-4H3,(H,24,26)(H,25,27)/b14-7+. The van der Waals surface area contributed by atoms with E-state index in [0.29, 0.717) is 0 Å². The van der Waals surface area contributed by atoms with Crippen LogP contribution >= 0.6 is 0 Å². The lowest BCUT2D eigenvalue weighted by Gasteiger charge is -2.19. The van der Waals surface area contributed by atoms with Crippen molar-refractivity contribution in [2.45, 2.75) is 32.6 Å². The van der Waals surface area contributed by atoms with Gasteiger partial charge in [-0.2, -0.15) is 0 Å². The smallest absolute Gasteiger partial charge is 0.244 e. The lowest BCUT2D eigenvalue weighted by atomic mass is 9.87. The summed E-state index contributed by atoms with van der Waals surface area (Å²) in [6, 6.07) is 15.2. The zero-order chi connectivity index (χ0) is 20.6. The average Bonchev–Trinajstić information content (AvgIpc) is 2.66. The zero-order valence-corrected chi connectivity index (χ0v) is 16.9. The third-order valence-electron chi connectivity index (χ3n) is 4.23. The van der Waals surface area contributed by atoms with Crippen molar-refractivity contribution in [3.05, 3.63) is 65.7 Å². The normalized spacial score (nSPS) is 11.3. The van der Waals surface area contributed by atoms with E-state index in [-0.39, 0.29) is 30.2 Å². The number of methoxy groups -OCH3 is 1. The van der Waals surface area contributed by atoms with Crippen LogP contribution in [0.3, 0.4) is 0 Å². The number of hydrogen-bond acceptors (Lipinski definition) is 3. The van der Waals surface area contributed by atoms with Crippen molar-refractivity contribution in [3.8, 4) is 5.75 Å². The minimum absolute atomic E-state index is 0.0756. The molecule has 0 aliphatic heterocycles. The molecule has 0 aliphatic carbocycles. The molecule has 0 saturated heterocycles. The first-order valence-corrected chi connectivity index (χ1v) is 9.28. The van der Waals surface area contributed by atoms with E-state index >= 15 is 0 Å². The van der Waals surface area contributed by atoms with Crippen LogP contribution in [0.1, 0.15) is 38.3 Å². The molecular formula is C23H28N2O3. The molecule has 2 N–H and O–H groups in total. The van der Waals surface area contributed by atoms with E-state index in [2.05, 4.69) is 31.4 Å². The highest BCUT2D eigenvalue weighted by Crippen LogP contribution is 2.23. The van der Waals surface area contributed by atoms with Gasteiger partial charge in [-0.15, -0.1) is 0 Å². The van der Waals surface area contributed by atoms with E-state index < -0.39 is 0 Å². The highest BCUT2D eigenvalue weighted by molar-refractivity contribution is 5.93. The van der Waals surface area contributed by atoms with Crippen molar-refractivity contribution in [1.82, 2.24) is 5.32 Å². The second-order valence-corrected chi connectivity index (χ2v) is 7.52. The second-order valence-electron chi connectivity index (χ2n) is 7.52. The lowest BCUT2D eigenvalue weighted by molar-refractivity contribution is -0.117. The first kappa shape index (κ1) is 21.2. The number of benzene rings is 2. The third-order valence-corrected chi connectivity index (χ3v) is 4.23. The van der Waals surface area contributed by atoms with E-state index in [9.17, 15) is 9.59 Å². The summed E-state index contributed by atoms with van der Waals surface area (Å²) in [6.07, 6.45) is 3.37. The summed E-state index contributed by atoms with van der Waals surface area (Å²) >= 11 is 0. The van der Waals surface area contributed by atoms with E-state index in [1.54, 1.807) is 13.2 Å². The Kier molecular flexibility index (Phi) is 7.38. The fourth-order valence-electron chi connectivity index (χ4n) is 2.52. The van der Waals surface area contributed by atoms with Gasteiger partial charge in [0.2, 0.25) is 11.8 Å². The number of rotatable bonds is 7. The maximum Gasteiger partial charge on any atom is 0.244 e. The molecule has 2 aromatic carbocycles. The topological polar surface area (TPSA) is 67.4 Å². The highest BCUT2D eigenvalue weighted by Gasteiger charge is 2.13. The molecular weight excluding hydrogens is 352 g/mol. The van der Waals surface area contributed by atoms with Crippen LogP contribution in [0.25, 0.3) is 6.08 Å². The Morgan fingerprint density at radius 1 is 1.00 bits per heavy atom. The molecule has 0 unspecified atom stereocenters. The Morgan fingerprint density at radius 3 is 2.21 bits per heavy atom. The minimum atomic E-state index is -0.238. The molecule has 5 heteroatoms. The number of carbonyl (C=O) groups excluding carboxylic acids is 2. The molecule has 148 valence electrons. The number of anilines is 1. The summed E-state index contributed by atoms with van der Waals surface area (Å²) < 4.78 is 5.09. The number of amides is 2. The van der Waals surface area contributed by atoms with Crippen LogP contribution in [0.15, 0.2) is 54.6 Å². The molecule has 2 aromatic rings. The molecule has 0 fully saturated rings. The summed E-state index contributed by atoms with van der Waals surface area (Å²) in [5, 5.41) is 5.55. The lowest BCUT2D eigenvalue weighted by Crippen LogP contribution is -2.26. The first-order valence-electron chi connectivity index (χ1n) is 9.28. The van der Waals surface area contributed by atoms with Gasteiger partial charge >= 0.3 is 0 Å². The van der Waals surface area contributed by atoms with Crippen molar-refractivity contribution in [2.24, 2.45) is 0 Å². The third kappa shape index (κ3) is 6.91. The summed E-state index contributed by atoms with van der Waals surface area (Å²) in [5.74, 6) is 0.391. The van der Waals surface area contributed by atoms with E-state index in [0.717, 1.165) is 17.0 Å². The van der Waals surface area contributed by atoms with Crippen LogP contribution in [-0.4, -0.2) is 25.5 Å². The molecule has 0 spiro atoms. The predicted molar refractivity (Wildman–Crippen MR) is 113 cm³/mol. The molecule has 28 heavy (non-hydrogen) atoms. The van der Waals surface area contributed by atoms with Crippen molar-refractivity contribution in [3.63, 3.8) is 0 Å². The minimum Gasteiger partial charge on any atom is -0.497 e. The molecule has 0 bridgehead atoms. The van der Waals surface area contributed by atoms with Gasteiger partial charge in [-0.1, -0.05) is 45.0 Å². The zero-order valence-electron chi connectivity index (χ0n) is 16.9. The largest absolute Gasteiger partial charge is 0.497 e. The van der Waals surface area contributed by atoms with Gasteiger partial charge in [0.05, 0.1) is 7.11 Å². The summed E-state index contributed by atoms with van der Waals surface area (Å²) in [4.78, 5) is 23.9. The Bertz CT molecular complexity index is 816. The maximum absolute atomic E-state index is 12.0. The summed E-state index contributed by atoms with van der Waals surface area (Å²) in [5.41, 5.74) is 2.93. The van der Waals surface area contributed by atoms with E-state index in [1.165, 1.54) is 11.6 Å². The number of nitrogens with one attached hydrogen (secondary N) is 2. The predicted octanol–water partition coefficient (Wildman–Crippen LogP) is 4.15. The Labute approximate surface area is 166 Å². The van der Waals surface area contributed by atoms with E-state index in [1.807, 2.05) is 48.5 Å². The maximum atomic E-state index is 12.0. The highest BCUT2D eigenvalue weighted by atomic mass is 16.5. The van der Waals surface area contributed by atoms with Gasteiger partial charge < -0.3 is 15.4 Å². The van der Waals surface area contributed by atoms with Gasteiger partial charge in [0.1, 0.15) is 5.75 Å². The van der Waals surface area contributed by atoms with Crippen LogP contribution in [0.5, 0.6) is 5.75 Å². The van der Waals surface area contributed by atoms with Gasteiger partial charge in [-0.05, 0) is 46.9 Å². The Balaban J connectivity index is 1.73. The van der Waals surface area contributed by atoms with Gasteiger partial charge in [0.15, 0.2) is 0 Å². The number of carbonyl (C=O) groups is 2. The second kappa shape index (κ2) is 9.74. The van der Waals surface area contributed by atoms with Crippen molar-refractivity contribution in [2.75, 3.05) is 19.0 Å². The molecule has 5 nitrogen and oxygen atoms in total. The molecule has 2 amide bonds. The van der Waals surface area contributed by atoms with Crippen LogP contribution in [0.2, 0.25) is 0 Å². The number of hydrogen-bond donors (Lipinski definition) is 2. The Morgan fingerprint density at radius 2 is 1.64 bits per heavy atom. The summed E-state index contributed by atoms with van der Waals surface area (Å²) in [6.45, 7) is 6.71. The van der Waals surface area contributed by atoms with Crippen LogP contribution in [0.4, 0.5) is 5.69 Å². The first-order chi connectivity index (χ1) is 13.3. The average molecular weight is 380 g/mol.